The van der Waals surface area contributed by atoms with Crippen LogP contribution in [0.5, 0.6) is 5.75 Å². The van der Waals surface area contributed by atoms with Crippen molar-refractivity contribution in [3.8, 4) is 5.75 Å². The number of para-hydroxylation sites is 1. The smallest absolute Gasteiger partial charge is 0.203 e. The zero-order valence-electron chi connectivity index (χ0n) is 12.2. The van der Waals surface area contributed by atoms with Gasteiger partial charge >= 0.3 is 0 Å². The first-order chi connectivity index (χ1) is 10.3. The van der Waals surface area contributed by atoms with E-state index in [0.717, 1.165) is 5.56 Å². The average Bonchev–Trinajstić information content (AvgIpc) is 2.54. The SMILES string of the molecule is CCC(Oc1ccccc1CCO)C(=O)c1ccccc1. The number of carbonyl (C=O) groups is 1. The van der Waals surface area contributed by atoms with E-state index in [2.05, 4.69) is 0 Å². The van der Waals surface area contributed by atoms with Crippen LogP contribution in [0.3, 0.4) is 0 Å². The van der Waals surface area contributed by atoms with Gasteiger partial charge in [-0.15, -0.1) is 0 Å². The van der Waals surface area contributed by atoms with Crippen LogP contribution in [0, 0.1) is 0 Å². The van der Waals surface area contributed by atoms with Gasteiger partial charge in [0.2, 0.25) is 5.78 Å². The van der Waals surface area contributed by atoms with Gasteiger partial charge in [-0.25, -0.2) is 0 Å². The zero-order valence-corrected chi connectivity index (χ0v) is 12.2. The predicted octanol–water partition coefficient (Wildman–Crippen LogP) is 3.26. The Bertz CT molecular complexity index is 578. The Hall–Kier alpha value is -2.13. The summed E-state index contributed by atoms with van der Waals surface area (Å²) in [6, 6.07) is 16.7. The third-order valence-electron chi connectivity index (χ3n) is 3.34. The summed E-state index contributed by atoms with van der Waals surface area (Å²) < 4.78 is 5.90. The highest BCUT2D eigenvalue weighted by molar-refractivity contribution is 5.99. The molecule has 1 N–H and O–H groups in total. The Morgan fingerprint density at radius 1 is 1.10 bits per heavy atom. The minimum atomic E-state index is -0.507. The van der Waals surface area contributed by atoms with Crippen LogP contribution in [0.2, 0.25) is 0 Å². The molecule has 2 aromatic carbocycles. The lowest BCUT2D eigenvalue weighted by Gasteiger charge is -2.18. The fraction of sp³-hybridized carbons (Fsp3) is 0.278. The summed E-state index contributed by atoms with van der Waals surface area (Å²) in [6.07, 6.45) is 0.611. The maximum atomic E-state index is 12.5. The van der Waals surface area contributed by atoms with E-state index in [4.69, 9.17) is 9.84 Å². The number of hydrogen-bond donors (Lipinski definition) is 1. The van der Waals surface area contributed by atoms with Crippen molar-refractivity contribution < 1.29 is 14.6 Å². The standard InChI is InChI=1S/C18H20O3/c1-2-16(18(20)15-9-4-3-5-10-15)21-17-11-7-6-8-14(17)12-13-19/h3-11,16,19H,2,12-13H2,1H3. The highest BCUT2D eigenvalue weighted by Gasteiger charge is 2.20. The van der Waals surface area contributed by atoms with E-state index in [0.29, 0.717) is 24.2 Å². The number of carbonyl (C=O) groups excluding carboxylic acids is 1. The topological polar surface area (TPSA) is 46.5 Å². The lowest BCUT2D eigenvalue weighted by Crippen LogP contribution is -2.27. The Balaban J connectivity index is 2.18. The molecule has 21 heavy (non-hydrogen) atoms. The average molecular weight is 284 g/mol. The molecule has 0 aliphatic rings. The van der Waals surface area contributed by atoms with Crippen LogP contribution in [0.1, 0.15) is 29.3 Å². The first-order valence-corrected chi connectivity index (χ1v) is 7.21. The van der Waals surface area contributed by atoms with E-state index in [9.17, 15) is 4.79 Å². The number of aliphatic hydroxyl groups is 1. The summed E-state index contributed by atoms with van der Waals surface area (Å²) in [7, 11) is 0. The van der Waals surface area contributed by atoms with E-state index >= 15 is 0 Å². The third-order valence-corrected chi connectivity index (χ3v) is 3.34. The molecule has 3 heteroatoms. The fourth-order valence-corrected chi connectivity index (χ4v) is 2.21. The molecule has 1 atom stereocenters. The molecule has 2 aromatic rings. The van der Waals surface area contributed by atoms with Gasteiger partial charge in [0.25, 0.3) is 0 Å². The zero-order chi connectivity index (χ0) is 15.1. The molecule has 110 valence electrons. The van der Waals surface area contributed by atoms with Gasteiger partial charge in [0.1, 0.15) is 5.75 Å². The summed E-state index contributed by atoms with van der Waals surface area (Å²) in [5.74, 6) is 0.652. The van der Waals surface area contributed by atoms with Gasteiger partial charge < -0.3 is 9.84 Å². The van der Waals surface area contributed by atoms with Crippen LogP contribution in [-0.2, 0) is 6.42 Å². The molecular formula is C18H20O3. The number of benzene rings is 2. The van der Waals surface area contributed by atoms with Crippen LogP contribution in [-0.4, -0.2) is 23.6 Å². The summed E-state index contributed by atoms with van der Waals surface area (Å²) in [6.45, 7) is 1.99. The maximum absolute atomic E-state index is 12.5. The van der Waals surface area contributed by atoms with Crippen LogP contribution in [0.15, 0.2) is 54.6 Å². The van der Waals surface area contributed by atoms with Gasteiger partial charge in [0.05, 0.1) is 0 Å². The van der Waals surface area contributed by atoms with Crippen molar-refractivity contribution in [3.05, 3.63) is 65.7 Å². The summed E-state index contributed by atoms with van der Waals surface area (Å²) in [4.78, 5) is 12.5. The third kappa shape index (κ3) is 3.92. The van der Waals surface area contributed by atoms with Gasteiger partial charge in [-0.05, 0) is 24.5 Å². The number of hydrogen-bond acceptors (Lipinski definition) is 3. The van der Waals surface area contributed by atoms with Crippen molar-refractivity contribution in [1.82, 2.24) is 0 Å². The van der Waals surface area contributed by atoms with Crippen molar-refractivity contribution >= 4 is 5.78 Å². The van der Waals surface area contributed by atoms with E-state index in [-0.39, 0.29) is 12.4 Å². The molecule has 2 rings (SSSR count). The monoisotopic (exact) mass is 284 g/mol. The Morgan fingerprint density at radius 3 is 2.43 bits per heavy atom. The van der Waals surface area contributed by atoms with Gasteiger partial charge in [-0.2, -0.15) is 0 Å². The van der Waals surface area contributed by atoms with E-state index in [1.54, 1.807) is 12.1 Å². The molecule has 0 fully saturated rings. The largest absolute Gasteiger partial charge is 0.482 e. The number of ether oxygens (including phenoxy) is 1. The van der Waals surface area contributed by atoms with Gasteiger partial charge in [-0.3, -0.25) is 4.79 Å². The molecule has 0 heterocycles. The quantitative estimate of drug-likeness (QED) is 0.794. The molecule has 0 spiro atoms. The Kier molecular flexibility index (Phi) is 5.52. The molecule has 3 nitrogen and oxygen atoms in total. The van der Waals surface area contributed by atoms with Crippen molar-refractivity contribution in [3.63, 3.8) is 0 Å². The molecule has 0 aromatic heterocycles. The number of aliphatic hydroxyl groups excluding tert-OH is 1. The Labute approximate surface area is 125 Å². The van der Waals surface area contributed by atoms with Gasteiger partial charge in [-0.1, -0.05) is 55.5 Å². The highest BCUT2D eigenvalue weighted by Crippen LogP contribution is 2.22. The molecule has 0 bridgehead atoms. The van der Waals surface area contributed by atoms with Crippen LogP contribution in [0.4, 0.5) is 0 Å². The van der Waals surface area contributed by atoms with Gasteiger partial charge in [0, 0.05) is 12.2 Å². The van der Waals surface area contributed by atoms with Gasteiger partial charge in [0.15, 0.2) is 6.10 Å². The highest BCUT2D eigenvalue weighted by atomic mass is 16.5. The molecule has 0 saturated carbocycles. The number of Topliss-reactive ketones (excluding diaryl/α,β-unsaturated/α-hetero) is 1. The number of ketones is 1. The molecule has 0 saturated heterocycles. The maximum Gasteiger partial charge on any atom is 0.203 e. The molecule has 0 aliphatic carbocycles. The molecular weight excluding hydrogens is 264 g/mol. The summed E-state index contributed by atoms with van der Waals surface area (Å²) in [5, 5.41) is 9.10. The first kappa shape index (κ1) is 15.3. The normalized spacial score (nSPS) is 11.9. The first-order valence-electron chi connectivity index (χ1n) is 7.21. The lowest BCUT2D eigenvalue weighted by atomic mass is 10.0. The second-order valence-electron chi connectivity index (χ2n) is 4.83. The van der Waals surface area contributed by atoms with E-state index in [1.807, 2.05) is 49.4 Å². The van der Waals surface area contributed by atoms with Crippen molar-refractivity contribution in [1.29, 1.82) is 0 Å². The van der Waals surface area contributed by atoms with E-state index < -0.39 is 6.10 Å². The number of rotatable bonds is 7. The second kappa shape index (κ2) is 7.60. The van der Waals surface area contributed by atoms with Crippen molar-refractivity contribution in [2.45, 2.75) is 25.9 Å². The minimum Gasteiger partial charge on any atom is -0.482 e. The second-order valence-corrected chi connectivity index (χ2v) is 4.83. The summed E-state index contributed by atoms with van der Waals surface area (Å²) >= 11 is 0. The van der Waals surface area contributed by atoms with E-state index in [1.165, 1.54) is 0 Å². The fourth-order valence-electron chi connectivity index (χ4n) is 2.21. The van der Waals surface area contributed by atoms with Crippen LogP contribution < -0.4 is 4.74 Å². The van der Waals surface area contributed by atoms with Crippen molar-refractivity contribution in [2.24, 2.45) is 0 Å². The minimum absolute atomic E-state index is 0.0168. The molecule has 1 unspecified atom stereocenters. The molecule has 0 amide bonds. The lowest BCUT2D eigenvalue weighted by molar-refractivity contribution is 0.0784. The van der Waals surface area contributed by atoms with Crippen LogP contribution in [0.25, 0.3) is 0 Å². The molecule has 0 radical (unpaired) electrons. The Morgan fingerprint density at radius 2 is 1.76 bits per heavy atom. The molecule has 0 aliphatic heterocycles. The summed E-state index contributed by atoms with van der Waals surface area (Å²) in [5.41, 5.74) is 1.57. The van der Waals surface area contributed by atoms with Crippen molar-refractivity contribution in [2.75, 3.05) is 6.61 Å². The predicted molar refractivity (Wildman–Crippen MR) is 82.7 cm³/mol. The van der Waals surface area contributed by atoms with Crippen LogP contribution >= 0.6 is 0 Å².